The highest BCUT2D eigenvalue weighted by Gasteiger charge is 2.40. The van der Waals surface area contributed by atoms with Gasteiger partial charge in [-0.15, -0.1) is 11.3 Å². The first kappa shape index (κ1) is 11.0. The van der Waals surface area contributed by atoms with Crippen LogP contribution in [0, 0.1) is 0 Å². The molecule has 0 amide bonds. The van der Waals surface area contributed by atoms with Crippen LogP contribution in [0.5, 0.6) is 0 Å². The molecule has 3 rings (SSSR count). The third kappa shape index (κ3) is 1.80. The minimum atomic E-state index is -0.791. The lowest BCUT2D eigenvalue weighted by Gasteiger charge is -2.23. The number of benzene rings is 1. The van der Waals surface area contributed by atoms with Crippen molar-refractivity contribution in [2.24, 2.45) is 5.73 Å². The van der Waals surface area contributed by atoms with Crippen molar-refractivity contribution in [1.82, 2.24) is 0 Å². The van der Waals surface area contributed by atoms with E-state index in [0.29, 0.717) is 12.8 Å². The van der Waals surface area contributed by atoms with E-state index in [9.17, 15) is 5.11 Å². The molecular weight excluding hydrogens is 230 g/mol. The van der Waals surface area contributed by atoms with Crippen LogP contribution in [0.1, 0.15) is 28.5 Å². The molecule has 88 valence electrons. The molecule has 0 fully saturated rings. The zero-order valence-corrected chi connectivity index (χ0v) is 10.3. The molecule has 0 spiro atoms. The van der Waals surface area contributed by atoms with E-state index < -0.39 is 5.60 Å². The fourth-order valence-electron chi connectivity index (χ4n) is 2.70. The van der Waals surface area contributed by atoms with E-state index in [0.717, 1.165) is 11.1 Å². The normalized spacial score (nSPS) is 27.1. The predicted molar refractivity (Wildman–Crippen MR) is 69.9 cm³/mol. The van der Waals surface area contributed by atoms with Crippen LogP contribution in [-0.2, 0) is 12.0 Å². The first-order chi connectivity index (χ1) is 8.19. The third-order valence-corrected chi connectivity index (χ3v) is 4.34. The summed E-state index contributed by atoms with van der Waals surface area (Å²) in [6.45, 7) is 0. The molecule has 17 heavy (non-hydrogen) atoms. The molecule has 2 atom stereocenters. The number of nitrogens with two attached hydrogens (primary N) is 1. The first-order valence-electron chi connectivity index (χ1n) is 5.79. The van der Waals surface area contributed by atoms with E-state index in [1.165, 1.54) is 4.88 Å². The van der Waals surface area contributed by atoms with Gasteiger partial charge in [0.2, 0.25) is 0 Å². The molecule has 2 aromatic rings. The fourth-order valence-corrected chi connectivity index (χ4v) is 3.51. The highest BCUT2D eigenvalue weighted by Crippen LogP contribution is 2.44. The van der Waals surface area contributed by atoms with Gasteiger partial charge in [-0.1, -0.05) is 30.3 Å². The topological polar surface area (TPSA) is 46.2 Å². The maximum Gasteiger partial charge on any atom is 0.0965 e. The van der Waals surface area contributed by atoms with Crippen molar-refractivity contribution in [1.29, 1.82) is 0 Å². The molecule has 0 saturated carbocycles. The van der Waals surface area contributed by atoms with Crippen molar-refractivity contribution in [3.8, 4) is 0 Å². The van der Waals surface area contributed by atoms with Crippen LogP contribution in [0.4, 0.5) is 0 Å². The van der Waals surface area contributed by atoms with Gasteiger partial charge in [0.25, 0.3) is 0 Å². The van der Waals surface area contributed by atoms with Gasteiger partial charge in [-0.2, -0.15) is 0 Å². The standard InChI is InChI=1S/C14H15NOS/c15-13-9-14(16,8-10-4-3-7-17-10)12-6-2-1-5-11(12)13/h1-7,13,16H,8-9,15H2. The molecule has 2 unspecified atom stereocenters. The summed E-state index contributed by atoms with van der Waals surface area (Å²) in [5, 5.41) is 12.9. The minimum absolute atomic E-state index is 0.0452. The Morgan fingerprint density at radius 3 is 2.88 bits per heavy atom. The lowest BCUT2D eigenvalue weighted by Crippen LogP contribution is -2.26. The largest absolute Gasteiger partial charge is 0.385 e. The van der Waals surface area contributed by atoms with Crippen LogP contribution >= 0.6 is 11.3 Å². The van der Waals surface area contributed by atoms with E-state index in [2.05, 4.69) is 6.07 Å². The molecule has 3 heteroatoms. The number of hydrogen-bond donors (Lipinski definition) is 2. The van der Waals surface area contributed by atoms with Crippen LogP contribution in [0.15, 0.2) is 41.8 Å². The highest BCUT2D eigenvalue weighted by atomic mass is 32.1. The zero-order valence-electron chi connectivity index (χ0n) is 9.47. The fraction of sp³-hybridized carbons (Fsp3) is 0.286. The summed E-state index contributed by atoms with van der Waals surface area (Å²) in [6.07, 6.45) is 1.28. The smallest absolute Gasteiger partial charge is 0.0965 e. The maximum atomic E-state index is 10.8. The molecule has 0 radical (unpaired) electrons. The molecule has 1 aliphatic carbocycles. The molecular formula is C14H15NOS. The van der Waals surface area contributed by atoms with Crippen LogP contribution in [0.3, 0.4) is 0 Å². The molecule has 0 bridgehead atoms. The van der Waals surface area contributed by atoms with Crippen molar-refractivity contribution in [3.63, 3.8) is 0 Å². The molecule has 1 aromatic heterocycles. The second-order valence-electron chi connectivity index (χ2n) is 4.69. The second kappa shape index (κ2) is 3.95. The Hall–Kier alpha value is -1.16. The average molecular weight is 245 g/mol. The summed E-state index contributed by atoms with van der Waals surface area (Å²) in [5.41, 5.74) is 7.39. The maximum absolute atomic E-state index is 10.8. The Morgan fingerprint density at radius 1 is 1.29 bits per heavy atom. The predicted octanol–water partition coefficient (Wildman–Crippen LogP) is 2.58. The highest BCUT2D eigenvalue weighted by molar-refractivity contribution is 7.09. The first-order valence-corrected chi connectivity index (χ1v) is 6.67. The summed E-state index contributed by atoms with van der Waals surface area (Å²) in [4.78, 5) is 1.21. The Bertz CT molecular complexity index is 523. The van der Waals surface area contributed by atoms with Crippen LogP contribution in [-0.4, -0.2) is 5.11 Å². The summed E-state index contributed by atoms with van der Waals surface area (Å²) in [6, 6.07) is 12.0. The molecule has 3 N–H and O–H groups in total. The number of thiophene rings is 1. The molecule has 2 nitrogen and oxygen atoms in total. The van der Waals surface area contributed by atoms with Crippen molar-refractivity contribution in [2.45, 2.75) is 24.5 Å². The van der Waals surface area contributed by atoms with E-state index in [4.69, 9.17) is 5.73 Å². The summed E-state index contributed by atoms with van der Waals surface area (Å²) >= 11 is 1.68. The number of aliphatic hydroxyl groups is 1. The summed E-state index contributed by atoms with van der Waals surface area (Å²) < 4.78 is 0. The van der Waals surface area contributed by atoms with Gasteiger partial charge in [0.05, 0.1) is 5.60 Å². The second-order valence-corrected chi connectivity index (χ2v) is 5.72. The van der Waals surface area contributed by atoms with Crippen LogP contribution in [0.25, 0.3) is 0 Å². The van der Waals surface area contributed by atoms with Gasteiger partial charge in [0.1, 0.15) is 0 Å². The molecule has 0 aliphatic heterocycles. The van der Waals surface area contributed by atoms with E-state index >= 15 is 0 Å². The van der Waals surface area contributed by atoms with E-state index in [1.54, 1.807) is 11.3 Å². The van der Waals surface area contributed by atoms with Crippen LogP contribution in [0.2, 0.25) is 0 Å². The lowest BCUT2D eigenvalue weighted by atomic mass is 9.91. The quantitative estimate of drug-likeness (QED) is 0.854. The Morgan fingerprint density at radius 2 is 2.12 bits per heavy atom. The van der Waals surface area contributed by atoms with Gasteiger partial charge in [-0.25, -0.2) is 0 Å². The van der Waals surface area contributed by atoms with Crippen molar-refractivity contribution in [3.05, 3.63) is 57.8 Å². The van der Waals surface area contributed by atoms with Gasteiger partial charge in [0, 0.05) is 17.3 Å². The van der Waals surface area contributed by atoms with Crippen LogP contribution < -0.4 is 5.73 Å². The monoisotopic (exact) mass is 245 g/mol. The van der Waals surface area contributed by atoms with Gasteiger partial charge in [-0.05, 0) is 29.0 Å². The average Bonchev–Trinajstić information content (AvgIpc) is 2.89. The minimum Gasteiger partial charge on any atom is -0.385 e. The summed E-state index contributed by atoms with van der Waals surface area (Å²) in [5.74, 6) is 0. The Labute approximate surface area is 105 Å². The SMILES string of the molecule is NC1CC(O)(Cc2cccs2)c2ccccc21. The summed E-state index contributed by atoms with van der Waals surface area (Å²) in [7, 11) is 0. The van der Waals surface area contributed by atoms with Gasteiger partial charge < -0.3 is 10.8 Å². The number of rotatable bonds is 2. The molecule has 1 aliphatic rings. The molecule has 1 heterocycles. The van der Waals surface area contributed by atoms with Crippen molar-refractivity contribution >= 4 is 11.3 Å². The zero-order chi connectivity index (χ0) is 11.9. The van der Waals surface area contributed by atoms with E-state index in [1.807, 2.05) is 35.7 Å². The molecule has 1 aromatic carbocycles. The third-order valence-electron chi connectivity index (χ3n) is 3.47. The Kier molecular flexibility index (Phi) is 2.54. The Balaban J connectivity index is 1.99. The van der Waals surface area contributed by atoms with Crippen molar-refractivity contribution < 1.29 is 5.11 Å². The van der Waals surface area contributed by atoms with Gasteiger partial charge in [0.15, 0.2) is 0 Å². The van der Waals surface area contributed by atoms with Gasteiger partial charge >= 0.3 is 0 Å². The van der Waals surface area contributed by atoms with E-state index in [-0.39, 0.29) is 6.04 Å². The van der Waals surface area contributed by atoms with Crippen molar-refractivity contribution in [2.75, 3.05) is 0 Å². The molecule has 0 saturated heterocycles. The lowest BCUT2D eigenvalue weighted by molar-refractivity contribution is 0.0350. The van der Waals surface area contributed by atoms with Gasteiger partial charge in [-0.3, -0.25) is 0 Å². The number of fused-ring (bicyclic) bond motifs is 1. The number of hydrogen-bond acceptors (Lipinski definition) is 3.